The number of carboxylic acid groups (broad SMARTS) is 1. The number of carboxylic acids is 1. The molecular formula is C11H19N3O4. The fourth-order valence-electron chi connectivity index (χ4n) is 2.05. The molecule has 0 spiro atoms. The Labute approximate surface area is 105 Å². The first kappa shape index (κ1) is 14.3. The lowest BCUT2D eigenvalue weighted by Gasteiger charge is -2.26. The molecule has 7 nitrogen and oxygen atoms in total. The first-order valence-corrected chi connectivity index (χ1v) is 5.93. The van der Waals surface area contributed by atoms with Crippen LogP contribution in [0.25, 0.3) is 0 Å². The van der Waals surface area contributed by atoms with Gasteiger partial charge in [0, 0.05) is 6.54 Å². The van der Waals surface area contributed by atoms with Crippen LogP contribution in [0.5, 0.6) is 0 Å². The van der Waals surface area contributed by atoms with Gasteiger partial charge in [-0.15, -0.1) is 0 Å². The number of urea groups is 1. The largest absolute Gasteiger partial charge is 0.480 e. The van der Waals surface area contributed by atoms with Crippen LogP contribution in [0.15, 0.2) is 0 Å². The van der Waals surface area contributed by atoms with Gasteiger partial charge in [-0.2, -0.15) is 0 Å². The van der Waals surface area contributed by atoms with Gasteiger partial charge in [0.05, 0.1) is 0 Å². The van der Waals surface area contributed by atoms with E-state index in [2.05, 4.69) is 5.32 Å². The number of carbonyl (C=O) groups excluding carboxylic acids is 2. The molecule has 1 rings (SSSR count). The van der Waals surface area contributed by atoms with E-state index in [0.717, 1.165) is 0 Å². The maximum Gasteiger partial charge on any atom is 0.326 e. The second-order valence-corrected chi connectivity index (χ2v) is 4.76. The van der Waals surface area contributed by atoms with E-state index in [1.165, 1.54) is 4.90 Å². The molecule has 0 aliphatic carbocycles. The zero-order chi connectivity index (χ0) is 13.9. The molecule has 102 valence electrons. The van der Waals surface area contributed by atoms with E-state index in [4.69, 9.17) is 10.8 Å². The molecule has 0 aromatic rings. The van der Waals surface area contributed by atoms with Gasteiger partial charge in [-0.3, -0.25) is 4.79 Å². The van der Waals surface area contributed by atoms with Crippen LogP contribution in [0.3, 0.4) is 0 Å². The lowest BCUT2D eigenvalue weighted by Crippen LogP contribution is -2.54. The number of primary amides is 1. The minimum atomic E-state index is -1.03. The van der Waals surface area contributed by atoms with Crippen molar-refractivity contribution in [3.8, 4) is 0 Å². The van der Waals surface area contributed by atoms with Crippen LogP contribution in [0, 0.1) is 5.92 Å². The van der Waals surface area contributed by atoms with Crippen molar-refractivity contribution in [2.45, 2.75) is 38.8 Å². The van der Waals surface area contributed by atoms with Crippen molar-refractivity contribution < 1.29 is 19.5 Å². The minimum absolute atomic E-state index is 0.141. The van der Waals surface area contributed by atoms with Crippen LogP contribution >= 0.6 is 0 Å². The van der Waals surface area contributed by atoms with E-state index in [-0.39, 0.29) is 5.92 Å². The third kappa shape index (κ3) is 3.12. The van der Waals surface area contributed by atoms with E-state index in [1.54, 1.807) is 13.8 Å². The molecule has 0 aromatic carbocycles. The first-order chi connectivity index (χ1) is 8.34. The average molecular weight is 257 g/mol. The molecule has 1 fully saturated rings. The molecule has 0 saturated carbocycles. The number of nitrogens with zero attached hydrogens (tertiary/aromatic N) is 1. The number of likely N-dealkylation sites (tertiary alicyclic amines) is 1. The summed E-state index contributed by atoms with van der Waals surface area (Å²) in [7, 11) is 0. The second-order valence-electron chi connectivity index (χ2n) is 4.76. The summed E-state index contributed by atoms with van der Waals surface area (Å²) < 4.78 is 0. The number of nitrogens with two attached hydrogens (primary N) is 1. The summed E-state index contributed by atoms with van der Waals surface area (Å²) in [5.41, 5.74) is 5.19. The smallest absolute Gasteiger partial charge is 0.326 e. The normalized spacial score (nSPS) is 20.8. The number of amides is 3. The van der Waals surface area contributed by atoms with Gasteiger partial charge in [0.15, 0.2) is 0 Å². The molecular weight excluding hydrogens is 238 g/mol. The van der Waals surface area contributed by atoms with Gasteiger partial charge in [-0.1, -0.05) is 13.8 Å². The van der Waals surface area contributed by atoms with Gasteiger partial charge in [0.1, 0.15) is 12.1 Å². The van der Waals surface area contributed by atoms with Crippen molar-refractivity contribution in [2.24, 2.45) is 11.7 Å². The van der Waals surface area contributed by atoms with Crippen molar-refractivity contribution in [1.82, 2.24) is 10.2 Å². The van der Waals surface area contributed by atoms with Gasteiger partial charge >= 0.3 is 12.0 Å². The van der Waals surface area contributed by atoms with Crippen LogP contribution in [0.2, 0.25) is 0 Å². The number of carbonyl (C=O) groups is 3. The third-order valence-corrected chi connectivity index (χ3v) is 3.05. The molecule has 0 aromatic heterocycles. The van der Waals surface area contributed by atoms with Gasteiger partial charge < -0.3 is 21.1 Å². The van der Waals surface area contributed by atoms with Crippen molar-refractivity contribution in [1.29, 1.82) is 0 Å². The number of aliphatic carboxylic acids is 1. The van der Waals surface area contributed by atoms with E-state index in [0.29, 0.717) is 19.4 Å². The Hall–Kier alpha value is -1.79. The van der Waals surface area contributed by atoms with Crippen LogP contribution < -0.4 is 11.1 Å². The zero-order valence-electron chi connectivity index (χ0n) is 10.5. The zero-order valence-corrected chi connectivity index (χ0v) is 10.5. The average Bonchev–Trinajstić information content (AvgIpc) is 2.73. The summed E-state index contributed by atoms with van der Waals surface area (Å²) in [6.45, 7) is 3.90. The van der Waals surface area contributed by atoms with Gasteiger partial charge in [-0.05, 0) is 18.8 Å². The lowest BCUT2D eigenvalue weighted by atomic mass is 10.0. The molecule has 7 heteroatoms. The molecule has 1 aliphatic rings. The summed E-state index contributed by atoms with van der Waals surface area (Å²) >= 11 is 0. The number of hydrogen-bond donors (Lipinski definition) is 3. The molecule has 0 radical (unpaired) electrons. The summed E-state index contributed by atoms with van der Waals surface area (Å²) in [5.74, 6) is -1.79. The second kappa shape index (κ2) is 5.70. The molecule has 1 aliphatic heterocycles. The fourth-order valence-corrected chi connectivity index (χ4v) is 2.05. The standard InChI is InChI=1S/C11H19N3O4/c1-6(2)8(9(12)15)13-11(18)14-5-3-4-7(14)10(16)17/h6-8H,3-5H2,1-2H3,(H2,12,15)(H,13,18)(H,16,17)/t7-,8?/m0/s1. The van der Waals surface area contributed by atoms with Crippen molar-refractivity contribution in [2.75, 3.05) is 6.54 Å². The number of nitrogens with one attached hydrogen (secondary N) is 1. The Morgan fingerprint density at radius 3 is 2.44 bits per heavy atom. The van der Waals surface area contributed by atoms with Crippen molar-refractivity contribution in [3.05, 3.63) is 0 Å². The number of hydrogen-bond acceptors (Lipinski definition) is 3. The highest BCUT2D eigenvalue weighted by Crippen LogP contribution is 2.17. The summed E-state index contributed by atoms with van der Waals surface area (Å²) in [6, 6.07) is -2.14. The Morgan fingerprint density at radius 1 is 1.39 bits per heavy atom. The van der Waals surface area contributed by atoms with Gasteiger partial charge in [-0.25, -0.2) is 9.59 Å². The SMILES string of the molecule is CC(C)C(NC(=O)N1CCC[C@H]1C(=O)O)C(N)=O. The molecule has 3 amide bonds. The predicted molar refractivity (Wildman–Crippen MR) is 63.7 cm³/mol. The maximum absolute atomic E-state index is 11.9. The Kier molecular flexibility index (Phi) is 4.52. The monoisotopic (exact) mass is 257 g/mol. The highest BCUT2D eigenvalue weighted by atomic mass is 16.4. The lowest BCUT2D eigenvalue weighted by molar-refractivity contribution is -0.141. The Balaban J connectivity index is 2.69. The van der Waals surface area contributed by atoms with Crippen LogP contribution in [-0.4, -0.2) is 46.5 Å². The minimum Gasteiger partial charge on any atom is -0.480 e. The quantitative estimate of drug-likeness (QED) is 0.644. The van der Waals surface area contributed by atoms with Crippen LogP contribution in [0.1, 0.15) is 26.7 Å². The Bertz CT molecular complexity index is 356. The van der Waals surface area contributed by atoms with Gasteiger partial charge in [0.25, 0.3) is 0 Å². The van der Waals surface area contributed by atoms with Crippen LogP contribution in [-0.2, 0) is 9.59 Å². The summed E-state index contributed by atoms with van der Waals surface area (Å²) in [5, 5.41) is 11.5. The fraction of sp³-hybridized carbons (Fsp3) is 0.727. The topological polar surface area (TPSA) is 113 Å². The van der Waals surface area contributed by atoms with E-state index in [1.807, 2.05) is 0 Å². The maximum atomic E-state index is 11.9. The molecule has 0 bridgehead atoms. The van der Waals surface area contributed by atoms with Crippen molar-refractivity contribution in [3.63, 3.8) is 0 Å². The molecule has 18 heavy (non-hydrogen) atoms. The molecule has 4 N–H and O–H groups in total. The van der Waals surface area contributed by atoms with Gasteiger partial charge in [0.2, 0.25) is 5.91 Å². The Morgan fingerprint density at radius 2 is 2.00 bits per heavy atom. The molecule has 1 saturated heterocycles. The van der Waals surface area contributed by atoms with E-state index in [9.17, 15) is 14.4 Å². The molecule has 2 atom stereocenters. The highest BCUT2D eigenvalue weighted by Gasteiger charge is 2.35. The third-order valence-electron chi connectivity index (χ3n) is 3.05. The first-order valence-electron chi connectivity index (χ1n) is 5.93. The molecule has 1 heterocycles. The van der Waals surface area contributed by atoms with E-state index >= 15 is 0 Å². The highest BCUT2D eigenvalue weighted by molar-refractivity contribution is 5.88. The van der Waals surface area contributed by atoms with E-state index < -0.39 is 30.0 Å². The number of rotatable bonds is 4. The van der Waals surface area contributed by atoms with Crippen LogP contribution in [0.4, 0.5) is 4.79 Å². The molecule has 1 unspecified atom stereocenters. The predicted octanol–water partition coefficient (Wildman–Crippen LogP) is -0.245. The summed E-state index contributed by atoms with van der Waals surface area (Å²) in [4.78, 5) is 35.3. The summed E-state index contributed by atoms with van der Waals surface area (Å²) in [6.07, 6.45) is 1.08. The van der Waals surface area contributed by atoms with Crippen molar-refractivity contribution >= 4 is 17.9 Å².